The first-order valence-electron chi connectivity index (χ1n) is 9.04. The molecule has 6 heteroatoms. The number of hydrogen-bond acceptors (Lipinski definition) is 4. The largest absolute Gasteiger partial charge is 0.385 e. The van der Waals surface area contributed by atoms with Gasteiger partial charge in [0.25, 0.3) is 0 Å². The lowest BCUT2D eigenvalue weighted by Crippen LogP contribution is -2.38. The molecule has 0 aliphatic carbocycles. The summed E-state index contributed by atoms with van der Waals surface area (Å²) >= 11 is 0. The van der Waals surface area contributed by atoms with E-state index in [1.807, 2.05) is 12.3 Å². The average Bonchev–Trinajstić information content (AvgIpc) is 2.64. The second-order valence-corrected chi connectivity index (χ2v) is 6.04. The van der Waals surface area contributed by atoms with Gasteiger partial charge in [-0.25, -0.2) is 9.98 Å². The maximum Gasteiger partial charge on any atom is 0.191 e. The number of methoxy groups -OCH3 is 1. The van der Waals surface area contributed by atoms with Crippen LogP contribution in [0.4, 0.5) is 5.82 Å². The minimum absolute atomic E-state index is 0.656. The van der Waals surface area contributed by atoms with Gasteiger partial charge in [0.1, 0.15) is 5.82 Å². The Morgan fingerprint density at radius 2 is 2.12 bits per heavy atom. The van der Waals surface area contributed by atoms with Gasteiger partial charge in [0, 0.05) is 46.1 Å². The van der Waals surface area contributed by atoms with E-state index in [1.165, 1.54) is 24.8 Å². The van der Waals surface area contributed by atoms with Gasteiger partial charge in [0.2, 0.25) is 0 Å². The van der Waals surface area contributed by atoms with Crippen LogP contribution in [0.2, 0.25) is 0 Å². The van der Waals surface area contributed by atoms with Crippen LogP contribution in [0.15, 0.2) is 23.3 Å². The number of anilines is 1. The topological polar surface area (TPSA) is 61.8 Å². The van der Waals surface area contributed by atoms with E-state index in [2.05, 4.69) is 38.5 Å². The molecule has 1 aromatic heterocycles. The fourth-order valence-electron chi connectivity index (χ4n) is 2.79. The van der Waals surface area contributed by atoms with Crippen molar-refractivity contribution in [1.29, 1.82) is 0 Å². The first-order valence-corrected chi connectivity index (χ1v) is 9.04. The molecular formula is C18H31N5O. The molecule has 0 saturated carbocycles. The summed E-state index contributed by atoms with van der Waals surface area (Å²) in [6.07, 6.45) is 6.73. The molecule has 1 aliphatic rings. The predicted octanol–water partition coefficient (Wildman–Crippen LogP) is 2.16. The van der Waals surface area contributed by atoms with Crippen LogP contribution in [0.1, 0.15) is 38.2 Å². The zero-order chi connectivity index (χ0) is 17.0. The Hall–Kier alpha value is -1.82. The normalized spacial score (nSPS) is 15.4. The highest BCUT2D eigenvalue weighted by Crippen LogP contribution is 2.18. The van der Waals surface area contributed by atoms with E-state index in [-0.39, 0.29) is 0 Å². The molecule has 1 saturated heterocycles. The van der Waals surface area contributed by atoms with Gasteiger partial charge in [0.15, 0.2) is 5.96 Å². The molecule has 0 unspecified atom stereocenters. The van der Waals surface area contributed by atoms with E-state index in [4.69, 9.17) is 4.74 Å². The summed E-state index contributed by atoms with van der Waals surface area (Å²) in [6.45, 7) is 7.43. The molecule has 6 nitrogen and oxygen atoms in total. The van der Waals surface area contributed by atoms with E-state index in [0.29, 0.717) is 6.54 Å². The number of guanidine groups is 1. The van der Waals surface area contributed by atoms with Crippen LogP contribution in [0, 0.1) is 0 Å². The van der Waals surface area contributed by atoms with E-state index in [0.717, 1.165) is 51.0 Å². The van der Waals surface area contributed by atoms with E-state index in [1.54, 1.807) is 7.11 Å². The molecule has 1 aromatic rings. The molecule has 0 radical (unpaired) electrons. The van der Waals surface area contributed by atoms with Gasteiger partial charge in [0.05, 0.1) is 6.54 Å². The monoisotopic (exact) mass is 333 g/mol. The molecule has 1 fully saturated rings. The summed E-state index contributed by atoms with van der Waals surface area (Å²) in [5.74, 6) is 1.94. The quantitative estimate of drug-likeness (QED) is 0.434. The van der Waals surface area contributed by atoms with Gasteiger partial charge in [-0.15, -0.1) is 0 Å². The molecule has 1 aliphatic heterocycles. The molecule has 2 rings (SSSR count). The Labute approximate surface area is 145 Å². The second kappa shape index (κ2) is 10.9. The first-order chi connectivity index (χ1) is 11.8. The zero-order valence-corrected chi connectivity index (χ0v) is 15.1. The van der Waals surface area contributed by atoms with E-state index >= 15 is 0 Å². The lowest BCUT2D eigenvalue weighted by Gasteiger charge is -2.27. The SMILES string of the molecule is CCNC(=NCc1ccnc(N2CCCCC2)c1)NCCCOC. The Balaban J connectivity index is 1.91. The van der Waals surface area contributed by atoms with Crippen LogP contribution in [-0.4, -0.2) is 50.8 Å². The van der Waals surface area contributed by atoms with Gasteiger partial charge in [-0.05, 0) is 50.3 Å². The highest BCUT2D eigenvalue weighted by atomic mass is 16.5. The van der Waals surface area contributed by atoms with Crippen molar-refractivity contribution in [3.05, 3.63) is 23.9 Å². The number of nitrogens with one attached hydrogen (secondary N) is 2. The van der Waals surface area contributed by atoms with Crippen LogP contribution in [-0.2, 0) is 11.3 Å². The fraction of sp³-hybridized carbons (Fsp3) is 0.667. The van der Waals surface area contributed by atoms with E-state index < -0.39 is 0 Å². The van der Waals surface area contributed by atoms with Gasteiger partial charge in [-0.3, -0.25) is 0 Å². The summed E-state index contributed by atoms with van der Waals surface area (Å²) in [7, 11) is 1.72. The molecular weight excluding hydrogens is 302 g/mol. The van der Waals surface area contributed by atoms with Crippen molar-refractivity contribution >= 4 is 11.8 Å². The number of aromatic nitrogens is 1. The highest BCUT2D eigenvalue weighted by Gasteiger charge is 2.12. The summed E-state index contributed by atoms with van der Waals surface area (Å²) < 4.78 is 5.07. The minimum atomic E-state index is 0.656. The lowest BCUT2D eigenvalue weighted by molar-refractivity contribution is 0.195. The minimum Gasteiger partial charge on any atom is -0.385 e. The Kier molecular flexibility index (Phi) is 8.38. The van der Waals surface area contributed by atoms with Crippen LogP contribution >= 0.6 is 0 Å². The van der Waals surface area contributed by atoms with Crippen molar-refractivity contribution in [2.75, 3.05) is 44.8 Å². The van der Waals surface area contributed by atoms with Crippen LogP contribution < -0.4 is 15.5 Å². The van der Waals surface area contributed by atoms with Crippen molar-refractivity contribution in [1.82, 2.24) is 15.6 Å². The average molecular weight is 333 g/mol. The van der Waals surface area contributed by atoms with Crippen LogP contribution in [0.25, 0.3) is 0 Å². The van der Waals surface area contributed by atoms with Crippen molar-refractivity contribution in [2.45, 2.75) is 39.2 Å². The van der Waals surface area contributed by atoms with Crippen molar-refractivity contribution < 1.29 is 4.74 Å². The molecule has 2 N–H and O–H groups in total. The maximum absolute atomic E-state index is 5.07. The number of piperidine rings is 1. The predicted molar refractivity (Wildman–Crippen MR) is 99.6 cm³/mol. The summed E-state index contributed by atoms with van der Waals surface area (Å²) in [5, 5.41) is 6.62. The van der Waals surface area contributed by atoms with Crippen LogP contribution in [0.3, 0.4) is 0 Å². The molecule has 0 aromatic carbocycles. The number of ether oxygens (including phenoxy) is 1. The van der Waals surface area contributed by atoms with E-state index in [9.17, 15) is 0 Å². The Morgan fingerprint density at radius 3 is 2.88 bits per heavy atom. The van der Waals surface area contributed by atoms with Crippen molar-refractivity contribution in [3.63, 3.8) is 0 Å². The fourth-order valence-corrected chi connectivity index (χ4v) is 2.79. The molecule has 0 atom stereocenters. The standard InChI is InChI=1S/C18H31N5O/c1-3-19-18(21-9-7-13-24-2)22-15-16-8-10-20-17(14-16)23-11-5-4-6-12-23/h8,10,14H,3-7,9,11-13,15H2,1-2H3,(H2,19,21,22). The van der Waals surface area contributed by atoms with Crippen LogP contribution in [0.5, 0.6) is 0 Å². The summed E-state index contributed by atoms with van der Waals surface area (Å²) in [6, 6.07) is 4.22. The second-order valence-electron chi connectivity index (χ2n) is 6.04. The highest BCUT2D eigenvalue weighted by molar-refractivity contribution is 5.79. The summed E-state index contributed by atoms with van der Waals surface area (Å²) in [4.78, 5) is 11.6. The smallest absolute Gasteiger partial charge is 0.191 e. The number of hydrogen-bond donors (Lipinski definition) is 2. The Morgan fingerprint density at radius 1 is 1.29 bits per heavy atom. The van der Waals surface area contributed by atoms with Gasteiger partial charge in [-0.1, -0.05) is 0 Å². The third-order valence-corrected chi connectivity index (χ3v) is 4.07. The molecule has 2 heterocycles. The third-order valence-electron chi connectivity index (χ3n) is 4.07. The van der Waals surface area contributed by atoms with Gasteiger partial charge >= 0.3 is 0 Å². The van der Waals surface area contributed by atoms with Crippen molar-refractivity contribution in [3.8, 4) is 0 Å². The molecule has 0 bridgehead atoms. The summed E-state index contributed by atoms with van der Waals surface area (Å²) in [5.41, 5.74) is 1.19. The molecule has 24 heavy (non-hydrogen) atoms. The molecule has 134 valence electrons. The maximum atomic E-state index is 5.07. The lowest BCUT2D eigenvalue weighted by atomic mass is 10.1. The molecule has 0 spiro atoms. The number of aliphatic imine (C=N–C) groups is 1. The number of nitrogens with zero attached hydrogens (tertiary/aromatic N) is 3. The number of rotatable bonds is 8. The molecule has 0 amide bonds. The third kappa shape index (κ3) is 6.35. The number of pyridine rings is 1. The van der Waals surface area contributed by atoms with Gasteiger partial charge in [-0.2, -0.15) is 0 Å². The van der Waals surface area contributed by atoms with Gasteiger partial charge < -0.3 is 20.3 Å². The zero-order valence-electron chi connectivity index (χ0n) is 15.1. The Bertz CT molecular complexity index is 500. The van der Waals surface area contributed by atoms with Crippen molar-refractivity contribution in [2.24, 2.45) is 4.99 Å². The first kappa shape index (κ1) is 18.5.